The molecule has 0 aliphatic heterocycles. The second kappa shape index (κ2) is 3.86. The lowest BCUT2D eigenvalue weighted by Crippen LogP contribution is -2.28. The fourth-order valence-electron chi connectivity index (χ4n) is 0.888. The summed E-state index contributed by atoms with van der Waals surface area (Å²) in [7, 11) is 0. The van der Waals surface area contributed by atoms with Crippen LogP contribution in [0.1, 0.15) is 5.56 Å². The Kier molecular flexibility index (Phi) is 3.16. The van der Waals surface area contributed by atoms with Crippen molar-refractivity contribution >= 4 is 15.9 Å². The molecule has 0 aliphatic carbocycles. The zero-order valence-corrected chi connectivity index (χ0v) is 8.23. The van der Waals surface area contributed by atoms with Crippen molar-refractivity contribution in [2.75, 3.05) is 0 Å². The molecule has 0 saturated heterocycles. The van der Waals surface area contributed by atoms with Gasteiger partial charge in [-0.05, 0) is 18.2 Å². The molecule has 0 heterocycles. The standard InChI is InChI=1S/C8H5BrF4O/c9-4-1-2-5(6(10)3-4)8(12,13)7(11)14/h1-3,7,14H. The summed E-state index contributed by atoms with van der Waals surface area (Å²) in [5.74, 6) is -5.51. The lowest BCUT2D eigenvalue weighted by Gasteiger charge is -2.17. The van der Waals surface area contributed by atoms with Crippen molar-refractivity contribution in [3.8, 4) is 0 Å². The molecular formula is C8H5BrF4O. The molecule has 0 aromatic heterocycles. The highest BCUT2D eigenvalue weighted by Gasteiger charge is 2.43. The number of hydrogen-bond acceptors (Lipinski definition) is 1. The fourth-order valence-corrected chi connectivity index (χ4v) is 1.22. The first kappa shape index (κ1) is 11.5. The number of hydrogen-bond donors (Lipinski definition) is 1. The predicted molar refractivity (Wildman–Crippen MR) is 45.1 cm³/mol. The van der Waals surface area contributed by atoms with Crippen molar-refractivity contribution in [2.24, 2.45) is 0 Å². The summed E-state index contributed by atoms with van der Waals surface area (Å²) in [4.78, 5) is 0. The molecule has 1 nitrogen and oxygen atoms in total. The molecule has 1 aromatic carbocycles. The highest BCUT2D eigenvalue weighted by atomic mass is 79.9. The lowest BCUT2D eigenvalue weighted by atomic mass is 10.1. The van der Waals surface area contributed by atoms with Crippen molar-refractivity contribution in [3.63, 3.8) is 0 Å². The van der Waals surface area contributed by atoms with Crippen LogP contribution in [-0.4, -0.2) is 11.5 Å². The number of aliphatic hydroxyl groups excluding tert-OH is 1. The van der Waals surface area contributed by atoms with Crippen molar-refractivity contribution in [2.45, 2.75) is 12.3 Å². The zero-order chi connectivity index (χ0) is 10.9. The number of benzene rings is 1. The van der Waals surface area contributed by atoms with E-state index >= 15 is 0 Å². The van der Waals surface area contributed by atoms with Gasteiger partial charge in [0.05, 0.1) is 5.56 Å². The van der Waals surface area contributed by atoms with Gasteiger partial charge in [0, 0.05) is 4.47 Å². The molecule has 14 heavy (non-hydrogen) atoms. The minimum Gasteiger partial charge on any atom is -0.359 e. The van der Waals surface area contributed by atoms with E-state index in [1.54, 1.807) is 0 Å². The molecular weight excluding hydrogens is 268 g/mol. The maximum absolute atomic E-state index is 12.9. The maximum Gasteiger partial charge on any atom is 0.330 e. The highest BCUT2D eigenvalue weighted by Crippen LogP contribution is 2.34. The van der Waals surface area contributed by atoms with Crippen LogP contribution in [0.25, 0.3) is 0 Å². The average Bonchev–Trinajstić information content (AvgIpc) is 2.02. The van der Waals surface area contributed by atoms with Gasteiger partial charge in [0.1, 0.15) is 5.82 Å². The monoisotopic (exact) mass is 272 g/mol. The van der Waals surface area contributed by atoms with Gasteiger partial charge in [0.15, 0.2) is 0 Å². The molecule has 0 saturated carbocycles. The molecule has 1 rings (SSSR count). The molecule has 0 fully saturated rings. The normalized spacial score (nSPS) is 14.1. The van der Waals surface area contributed by atoms with E-state index in [2.05, 4.69) is 15.9 Å². The van der Waals surface area contributed by atoms with Crippen LogP contribution in [0.4, 0.5) is 17.6 Å². The lowest BCUT2D eigenvalue weighted by molar-refractivity contribution is -0.176. The molecule has 1 N–H and O–H groups in total. The SMILES string of the molecule is OC(F)C(F)(F)c1ccc(Br)cc1F. The third kappa shape index (κ3) is 2.06. The Balaban J connectivity index is 3.19. The van der Waals surface area contributed by atoms with E-state index < -0.39 is 23.7 Å². The first-order chi connectivity index (χ1) is 6.35. The van der Waals surface area contributed by atoms with Crippen molar-refractivity contribution in [3.05, 3.63) is 34.1 Å². The van der Waals surface area contributed by atoms with Crippen LogP contribution in [0, 0.1) is 5.82 Å². The summed E-state index contributed by atoms with van der Waals surface area (Å²) < 4.78 is 50.8. The molecule has 0 spiro atoms. The number of alkyl halides is 3. The summed E-state index contributed by atoms with van der Waals surface area (Å²) in [6, 6.07) is 2.61. The van der Waals surface area contributed by atoms with Gasteiger partial charge >= 0.3 is 5.92 Å². The largest absolute Gasteiger partial charge is 0.359 e. The number of aliphatic hydroxyl groups is 1. The summed E-state index contributed by atoms with van der Waals surface area (Å²) in [5, 5.41) is 8.13. The smallest absolute Gasteiger partial charge is 0.330 e. The molecule has 78 valence electrons. The summed E-state index contributed by atoms with van der Waals surface area (Å²) >= 11 is 2.86. The van der Waals surface area contributed by atoms with Gasteiger partial charge in [-0.2, -0.15) is 8.78 Å². The molecule has 1 aromatic rings. The number of halogens is 5. The third-order valence-electron chi connectivity index (χ3n) is 1.59. The summed E-state index contributed by atoms with van der Waals surface area (Å²) in [5.41, 5.74) is -1.17. The first-order valence-electron chi connectivity index (χ1n) is 3.51. The maximum atomic E-state index is 12.9. The summed E-state index contributed by atoms with van der Waals surface area (Å²) in [6.45, 7) is 0. The minimum atomic E-state index is -4.23. The fraction of sp³-hybridized carbons (Fsp3) is 0.250. The molecule has 6 heteroatoms. The van der Waals surface area contributed by atoms with Gasteiger partial charge in [-0.25, -0.2) is 8.78 Å². The first-order valence-corrected chi connectivity index (χ1v) is 4.30. The van der Waals surface area contributed by atoms with Gasteiger partial charge in [-0.1, -0.05) is 15.9 Å². The quantitative estimate of drug-likeness (QED) is 0.821. The van der Waals surface area contributed by atoms with Gasteiger partial charge in [0.25, 0.3) is 6.36 Å². The minimum absolute atomic E-state index is 0.253. The van der Waals surface area contributed by atoms with E-state index in [4.69, 9.17) is 5.11 Å². The van der Waals surface area contributed by atoms with Gasteiger partial charge in [-0.3, -0.25) is 0 Å². The summed E-state index contributed by atoms with van der Waals surface area (Å²) in [6.07, 6.45) is -3.42. The Morgan fingerprint density at radius 1 is 1.36 bits per heavy atom. The van der Waals surface area contributed by atoms with Crippen LogP contribution in [0.2, 0.25) is 0 Å². The van der Waals surface area contributed by atoms with Crippen LogP contribution in [0.15, 0.2) is 22.7 Å². The van der Waals surface area contributed by atoms with Gasteiger partial charge in [-0.15, -0.1) is 0 Å². The highest BCUT2D eigenvalue weighted by molar-refractivity contribution is 9.10. The predicted octanol–water partition coefficient (Wildman–Crippen LogP) is 2.97. The second-order valence-corrected chi connectivity index (χ2v) is 3.50. The average molecular weight is 273 g/mol. The van der Waals surface area contributed by atoms with Crippen molar-refractivity contribution < 1.29 is 22.7 Å². The van der Waals surface area contributed by atoms with E-state index in [0.717, 1.165) is 12.1 Å². The Hall–Kier alpha value is -0.620. The van der Waals surface area contributed by atoms with Crippen molar-refractivity contribution in [1.29, 1.82) is 0 Å². The van der Waals surface area contributed by atoms with E-state index in [1.165, 1.54) is 0 Å². The van der Waals surface area contributed by atoms with Crippen LogP contribution in [0.5, 0.6) is 0 Å². The van der Waals surface area contributed by atoms with Crippen LogP contribution >= 0.6 is 15.9 Å². The zero-order valence-electron chi connectivity index (χ0n) is 6.65. The van der Waals surface area contributed by atoms with Crippen LogP contribution in [0.3, 0.4) is 0 Å². The molecule has 1 atom stereocenters. The van der Waals surface area contributed by atoms with E-state index in [9.17, 15) is 17.6 Å². The molecule has 1 unspecified atom stereocenters. The Labute approximate surface area is 85.5 Å². The van der Waals surface area contributed by atoms with Crippen LogP contribution in [-0.2, 0) is 5.92 Å². The molecule has 0 radical (unpaired) electrons. The van der Waals surface area contributed by atoms with E-state index in [-0.39, 0.29) is 4.47 Å². The van der Waals surface area contributed by atoms with E-state index in [0.29, 0.717) is 6.07 Å². The topological polar surface area (TPSA) is 20.2 Å². The van der Waals surface area contributed by atoms with E-state index in [1.807, 2.05) is 0 Å². The van der Waals surface area contributed by atoms with Crippen molar-refractivity contribution in [1.82, 2.24) is 0 Å². The molecule has 0 bridgehead atoms. The Bertz CT molecular complexity index is 340. The second-order valence-electron chi connectivity index (χ2n) is 2.58. The third-order valence-corrected chi connectivity index (χ3v) is 2.08. The molecule has 0 amide bonds. The van der Waals surface area contributed by atoms with Gasteiger partial charge < -0.3 is 5.11 Å². The van der Waals surface area contributed by atoms with Gasteiger partial charge in [0.2, 0.25) is 0 Å². The number of rotatable bonds is 2. The molecule has 0 aliphatic rings. The Morgan fingerprint density at radius 3 is 2.36 bits per heavy atom. The Morgan fingerprint density at radius 2 is 1.93 bits per heavy atom. The van der Waals surface area contributed by atoms with Crippen LogP contribution < -0.4 is 0 Å².